The van der Waals surface area contributed by atoms with E-state index in [9.17, 15) is 18.4 Å². The second kappa shape index (κ2) is 8.42. The molecule has 2 heterocycles. The van der Waals surface area contributed by atoms with Crippen LogP contribution in [0.25, 0.3) is 11.5 Å². The molecular weight excluding hydrogens is 414 g/mol. The lowest BCUT2D eigenvalue weighted by atomic mass is 10.2. The molecule has 164 valence electrons. The second-order valence-corrected chi connectivity index (χ2v) is 7.39. The first kappa shape index (κ1) is 20.9. The molecule has 1 saturated carbocycles. The second-order valence-electron chi connectivity index (χ2n) is 7.39. The maximum atomic E-state index is 12.8. The van der Waals surface area contributed by atoms with Crippen molar-refractivity contribution in [3.8, 4) is 23.0 Å². The number of benzene rings is 1. The smallest absolute Gasteiger partial charge is 0.387 e. The van der Waals surface area contributed by atoms with Crippen LogP contribution in [0.1, 0.15) is 42.1 Å². The van der Waals surface area contributed by atoms with E-state index >= 15 is 0 Å². The molecule has 1 aliphatic carbocycles. The number of aromatic nitrogens is 1. The fourth-order valence-corrected chi connectivity index (χ4v) is 2.98. The lowest BCUT2D eigenvalue weighted by Crippen LogP contribution is -2.30. The van der Waals surface area contributed by atoms with Crippen LogP contribution in [-0.2, 0) is 4.79 Å². The topological polar surface area (TPSA) is 120 Å². The molecule has 1 aromatic heterocycles. The number of hydrogen-bond donors (Lipinski definition) is 1. The fourth-order valence-electron chi connectivity index (χ4n) is 2.98. The zero-order valence-corrected chi connectivity index (χ0v) is 16.6. The van der Waals surface area contributed by atoms with Gasteiger partial charge in [0, 0.05) is 5.56 Å². The number of ether oxygens (including phenoxy) is 2. The summed E-state index contributed by atoms with van der Waals surface area (Å²) in [6.07, 6.45) is 3.18. The van der Waals surface area contributed by atoms with Crippen molar-refractivity contribution in [1.29, 1.82) is 0 Å². The summed E-state index contributed by atoms with van der Waals surface area (Å²) < 4.78 is 41.4. The highest BCUT2D eigenvalue weighted by Crippen LogP contribution is 2.37. The van der Waals surface area contributed by atoms with Gasteiger partial charge in [0.15, 0.2) is 23.0 Å². The van der Waals surface area contributed by atoms with E-state index in [2.05, 4.69) is 14.7 Å². The van der Waals surface area contributed by atoms with E-state index in [-0.39, 0.29) is 35.4 Å². The highest BCUT2D eigenvalue weighted by molar-refractivity contribution is 6.07. The Morgan fingerprint density at radius 1 is 1.35 bits per heavy atom. The van der Waals surface area contributed by atoms with Crippen molar-refractivity contribution >= 4 is 18.2 Å². The number of amides is 2. The van der Waals surface area contributed by atoms with E-state index < -0.39 is 24.5 Å². The van der Waals surface area contributed by atoms with Crippen LogP contribution in [-0.4, -0.2) is 47.8 Å². The highest BCUT2D eigenvalue weighted by Gasteiger charge is 2.30. The molecule has 2 N–H and O–H groups in total. The third-order valence-electron chi connectivity index (χ3n) is 4.76. The summed E-state index contributed by atoms with van der Waals surface area (Å²) in [5, 5.41) is 0. The fraction of sp³-hybridized carbons (Fsp3) is 0.400. The number of nitrogens with two attached hydrogens (primary N) is 1. The van der Waals surface area contributed by atoms with Gasteiger partial charge in [-0.25, -0.2) is 9.98 Å². The molecule has 0 radical (unpaired) electrons. The molecule has 1 unspecified atom stereocenters. The Hall–Kier alpha value is -3.34. The molecule has 1 fully saturated rings. The van der Waals surface area contributed by atoms with Crippen LogP contribution in [0.5, 0.6) is 11.5 Å². The first-order chi connectivity index (χ1) is 14.8. The van der Waals surface area contributed by atoms with Gasteiger partial charge in [0.2, 0.25) is 5.89 Å². The predicted octanol–water partition coefficient (Wildman–Crippen LogP) is 2.76. The van der Waals surface area contributed by atoms with E-state index in [1.165, 1.54) is 18.2 Å². The van der Waals surface area contributed by atoms with Crippen molar-refractivity contribution < 1.29 is 32.3 Å². The van der Waals surface area contributed by atoms with E-state index in [0.29, 0.717) is 18.1 Å². The standard InChI is InChI=1S/C20H20F2N4O5/c1-10(23)17-16(19(28)26-7-15(27)24-9-26)25-18(31-17)12-4-5-13(30-20(21)22)14(6-12)29-8-11-2-3-11/h4-6,9-11,20H,2-3,7-8,23H2,1H3. The lowest BCUT2D eigenvalue weighted by Gasteiger charge is -2.12. The average molecular weight is 434 g/mol. The van der Waals surface area contributed by atoms with Crippen molar-refractivity contribution in [3.63, 3.8) is 0 Å². The average Bonchev–Trinajstić information content (AvgIpc) is 3.27. The largest absolute Gasteiger partial charge is 0.489 e. The van der Waals surface area contributed by atoms with Gasteiger partial charge >= 0.3 is 6.61 Å². The Kier molecular flexibility index (Phi) is 5.68. The highest BCUT2D eigenvalue weighted by atomic mass is 19.3. The molecule has 2 amide bonds. The van der Waals surface area contributed by atoms with Crippen molar-refractivity contribution in [2.24, 2.45) is 16.6 Å². The van der Waals surface area contributed by atoms with E-state index in [1.54, 1.807) is 6.92 Å². The maximum Gasteiger partial charge on any atom is 0.387 e. The number of carbonyl (C=O) groups excluding carboxylic acids is 2. The molecule has 2 aliphatic rings. The van der Waals surface area contributed by atoms with Gasteiger partial charge in [0.25, 0.3) is 11.8 Å². The third kappa shape index (κ3) is 4.71. The van der Waals surface area contributed by atoms with E-state index in [0.717, 1.165) is 24.1 Å². The summed E-state index contributed by atoms with van der Waals surface area (Å²) in [5.41, 5.74) is 6.27. The minimum atomic E-state index is -3.00. The zero-order chi connectivity index (χ0) is 22.1. The van der Waals surface area contributed by atoms with Crippen LogP contribution in [0.4, 0.5) is 8.78 Å². The van der Waals surface area contributed by atoms with Crippen molar-refractivity contribution in [3.05, 3.63) is 29.7 Å². The summed E-state index contributed by atoms with van der Waals surface area (Å²) in [6, 6.07) is 3.59. The van der Waals surface area contributed by atoms with E-state index in [4.69, 9.17) is 14.9 Å². The SMILES string of the molecule is CC(N)c1oc(-c2ccc(OC(F)F)c(OCC3CC3)c2)nc1C(=O)N1C=NC(=O)C1. The summed E-state index contributed by atoms with van der Waals surface area (Å²) >= 11 is 0. The van der Waals surface area contributed by atoms with Gasteiger partial charge in [0.1, 0.15) is 12.9 Å². The van der Waals surface area contributed by atoms with Gasteiger partial charge in [-0.3, -0.25) is 14.5 Å². The molecule has 1 aliphatic heterocycles. The Balaban J connectivity index is 1.66. The molecule has 1 aromatic carbocycles. The number of nitrogens with zero attached hydrogens (tertiary/aromatic N) is 3. The predicted molar refractivity (Wildman–Crippen MR) is 104 cm³/mol. The van der Waals surface area contributed by atoms with Crippen LogP contribution >= 0.6 is 0 Å². The molecular formula is C20H20F2N4O5. The number of halogens is 2. The minimum absolute atomic E-state index is 0.0537. The summed E-state index contributed by atoms with van der Waals surface area (Å²) in [6.45, 7) is -1.20. The minimum Gasteiger partial charge on any atom is -0.489 e. The monoisotopic (exact) mass is 434 g/mol. The molecule has 31 heavy (non-hydrogen) atoms. The number of aliphatic imine (C=N–C) groups is 1. The molecule has 9 nitrogen and oxygen atoms in total. The Morgan fingerprint density at radius 3 is 2.74 bits per heavy atom. The number of carbonyl (C=O) groups is 2. The first-order valence-corrected chi connectivity index (χ1v) is 9.68. The van der Waals surface area contributed by atoms with E-state index in [1.807, 2.05) is 0 Å². The lowest BCUT2D eigenvalue weighted by molar-refractivity contribution is -0.116. The summed E-state index contributed by atoms with van der Waals surface area (Å²) in [7, 11) is 0. The molecule has 4 rings (SSSR count). The van der Waals surface area contributed by atoms with Crippen LogP contribution in [0.3, 0.4) is 0 Å². The van der Waals surface area contributed by atoms with Crippen LogP contribution < -0.4 is 15.2 Å². The number of oxazole rings is 1. The molecule has 1 atom stereocenters. The molecule has 0 bridgehead atoms. The van der Waals surface area contributed by atoms with Crippen LogP contribution in [0.2, 0.25) is 0 Å². The Labute approximate surface area is 175 Å². The quantitative estimate of drug-likeness (QED) is 0.678. The summed E-state index contributed by atoms with van der Waals surface area (Å²) in [5.74, 6) is -0.453. The van der Waals surface area contributed by atoms with Crippen molar-refractivity contribution in [1.82, 2.24) is 9.88 Å². The van der Waals surface area contributed by atoms with Crippen LogP contribution in [0, 0.1) is 5.92 Å². The summed E-state index contributed by atoms with van der Waals surface area (Å²) in [4.78, 5) is 33.0. The van der Waals surface area contributed by atoms with Crippen LogP contribution in [0.15, 0.2) is 27.6 Å². The number of rotatable bonds is 8. The van der Waals surface area contributed by atoms with Crippen molar-refractivity contribution in [2.75, 3.05) is 13.2 Å². The Bertz CT molecular complexity index is 1030. The van der Waals surface area contributed by atoms with Gasteiger partial charge in [-0.05, 0) is 43.9 Å². The van der Waals surface area contributed by atoms with Gasteiger partial charge in [-0.2, -0.15) is 8.78 Å². The number of hydrogen-bond acceptors (Lipinski definition) is 7. The zero-order valence-electron chi connectivity index (χ0n) is 16.6. The van der Waals surface area contributed by atoms with Gasteiger partial charge in [-0.15, -0.1) is 0 Å². The number of alkyl halides is 2. The van der Waals surface area contributed by atoms with Gasteiger partial charge in [-0.1, -0.05) is 0 Å². The first-order valence-electron chi connectivity index (χ1n) is 9.68. The third-order valence-corrected chi connectivity index (χ3v) is 4.76. The maximum absolute atomic E-state index is 12.8. The Morgan fingerprint density at radius 2 is 2.13 bits per heavy atom. The van der Waals surface area contributed by atoms with Crippen molar-refractivity contribution in [2.45, 2.75) is 32.4 Å². The normalized spacial score (nSPS) is 16.8. The van der Waals surface area contributed by atoms with Gasteiger partial charge in [0.05, 0.1) is 12.6 Å². The molecule has 0 saturated heterocycles. The molecule has 11 heteroatoms. The molecule has 0 spiro atoms. The molecule has 2 aromatic rings. The van der Waals surface area contributed by atoms with Gasteiger partial charge < -0.3 is 19.6 Å².